The topological polar surface area (TPSA) is 105 Å². The maximum Gasteiger partial charge on any atom is 0.262 e. The van der Waals surface area contributed by atoms with E-state index in [1.165, 1.54) is 0 Å². The predicted octanol–water partition coefficient (Wildman–Crippen LogP) is 0.716. The molecule has 0 aliphatic carbocycles. The molecule has 0 saturated heterocycles. The van der Waals surface area contributed by atoms with Gasteiger partial charge in [0.05, 0.1) is 17.2 Å². The number of hydrazone groups is 1. The molecule has 0 bridgehead atoms. The van der Waals surface area contributed by atoms with Crippen molar-refractivity contribution < 1.29 is 14.4 Å². The number of amidine groups is 1. The lowest BCUT2D eigenvalue weighted by molar-refractivity contribution is -0.123. The Hall–Kier alpha value is -2.70. The van der Waals surface area contributed by atoms with Gasteiger partial charge in [-0.1, -0.05) is 26.0 Å². The summed E-state index contributed by atoms with van der Waals surface area (Å²) in [7, 11) is 0. The molecule has 0 fully saturated rings. The summed E-state index contributed by atoms with van der Waals surface area (Å²) in [5.41, 5.74) is 8.80. The van der Waals surface area contributed by atoms with Crippen LogP contribution in [0.4, 0.5) is 0 Å². The van der Waals surface area contributed by atoms with Crippen LogP contribution in [0.5, 0.6) is 0 Å². The molecular weight excluding hydrogens is 284 g/mol. The van der Waals surface area contributed by atoms with E-state index in [-0.39, 0.29) is 17.7 Å². The van der Waals surface area contributed by atoms with Crippen LogP contribution in [0.25, 0.3) is 0 Å². The van der Waals surface area contributed by atoms with Crippen molar-refractivity contribution in [1.29, 1.82) is 0 Å². The summed E-state index contributed by atoms with van der Waals surface area (Å²) in [5.74, 6) is -1.38. The number of carbonyl (C=O) groups excluding carboxylic acids is 3. The first-order chi connectivity index (χ1) is 10.3. The minimum atomic E-state index is -0.750. The van der Waals surface area contributed by atoms with Crippen molar-refractivity contribution in [2.75, 3.05) is 0 Å². The van der Waals surface area contributed by atoms with Crippen LogP contribution in [0.3, 0.4) is 0 Å². The van der Waals surface area contributed by atoms with Crippen molar-refractivity contribution in [3.63, 3.8) is 0 Å². The van der Waals surface area contributed by atoms with Gasteiger partial charge in [-0.3, -0.25) is 19.3 Å². The molecule has 22 heavy (non-hydrogen) atoms. The third-order valence-corrected chi connectivity index (χ3v) is 3.46. The number of hydrogen-bond donors (Lipinski definition) is 2. The Morgan fingerprint density at radius 1 is 1.14 bits per heavy atom. The van der Waals surface area contributed by atoms with E-state index in [4.69, 9.17) is 5.73 Å². The number of amides is 3. The Morgan fingerprint density at radius 3 is 2.09 bits per heavy atom. The van der Waals surface area contributed by atoms with Crippen LogP contribution in [0.2, 0.25) is 0 Å². The Morgan fingerprint density at radius 2 is 1.64 bits per heavy atom. The van der Waals surface area contributed by atoms with Gasteiger partial charge in [0.1, 0.15) is 5.84 Å². The lowest BCUT2D eigenvalue weighted by Crippen LogP contribution is -2.47. The highest BCUT2D eigenvalue weighted by Crippen LogP contribution is 2.24. The normalized spacial score (nSPS) is 16.0. The minimum absolute atomic E-state index is 0.0106. The van der Waals surface area contributed by atoms with E-state index in [0.717, 1.165) is 4.90 Å². The maximum atomic E-state index is 12.3. The average molecular weight is 302 g/mol. The van der Waals surface area contributed by atoms with Crippen LogP contribution in [-0.2, 0) is 4.79 Å². The van der Waals surface area contributed by atoms with E-state index < -0.39 is 17.9 Å². The summed E-state index contributed by atoms with van der Waals surface area (Å²) < 4.78 is 0. The van der Waals surface area contributed by atoms with Crippen LogP contribution in [0.1, 0.15) is 41.5 Å². The number of nitrogens with one attached hydrogen (secondary N) is 1. The molecule has 3 amide bonds. The smallest absolute Gasteiger partial charge is 0.262 e. The van der Waals surface area contributed by atoms with Gasteiger partial charge in [0.25, 0.3) is 11.8 Å². The van der Waals surface area contributed by atoms with Crippen molar-refractivity contribution in [3.05, 3.63) is 35.4 Å². The molecule has 1 atom stereocenters. The monoisotopic (exact) mass is 302 g/mol. The van der Waals surface area contributed by atoms with Gasteiger partial charge in [-0.05, 0) is 19.1 Å². The van der Waals surface area contributed by atoms with Gasteiger partial charge in [0.15, 0.2) is 0 Å². The summed E-state index contributed by atoms with van der Waals surface area (Å²) in [5, 5.41) is 3.77. The van der Waals surface area contributed by atoms with Crippen LogP contribution < -0.4 is 11.2 Å². The molecule has 116 valence electrons. The summed E-state index contributed by atoms with van der Waals surface area (Å²) >= 11 is 0. The molecule has 0 radical (unpaired) electrons. The first-order valence-corrected chi connectivity index (χ1v) is 6.94. The lowest BCUT2D eigenvalue weighted by atomic mass is 10.1. The predicted molar refractivity (Wildman–Crippen MR) is 81.0 cm³/mol. The van der Waals surface area contributed by atoms with Crippen molar-refractivity contribution in [2.45, 2.75) is 26.8 Å². The van der Waals surface area contributed by atoms with Gasteiger partial charge in [-0.15, -0.1) is 0 Å². The third kappa shape index (κ3) is 2.69. The van der Waals surface area contributed by atoms with E-state index in [0.29, 0.717) is 11.1 Å². The number of fused-ring (bicyclic) bond motifs is 1. The molecule has 1 aromatic carbocycles. The van der Waals surface area contributed by atoms with Gasteiger partial charge >= 0.3 is 0 Å². The SMILES string of the molecule is CC(C)C(=O)N/N=C(/N)[C@H](C)N1C(=O)c2ccccc2C1=O. The Bertz CT molecular complexity index is 632. The standard InChI is InChI=1S/C15H18N4O3/c1-8(2)13(20)18-17-12(16)9(3)19-14(21)10-6-4-5-7-11(10)15(19)22/h4-9H,1-3H3,(H2,16,17)(H,18,20)/t9-/m0/s1. The Balaban J connectivity index is 2.19. The maximum absolute atomic E-state index is 12.3. The van der Waals surface area contributed by atoms with Gasteiger partial charge in [0.2, 0.25) is 5.91 Å². The average Bonchev–Trinajstić information content (AvgIpc) is 2.75. The molecule has 7 nitrogen and oxygen atoms in total. The van der Waals surface area contributed by atoms with Crippen molar-refractivity contribution >= 4 is 23.6 Å². The zero-order chi connectivity index (χ0) is 16.4. The third-order valence-electron chi connectivity index (χ3n) is 3.46. The largest absolute Gasteiger partial charge is 0.384 e. The molecule has 7 heteroatoms. The van der Waals surface area contributed by atoms with Crippen LogP contribution in [0.15, 0.2) is 29.4 Å². The summed E-state index contributed by atoms with van der Waals surface area (Å²) in [4.78, 5) is 37.1. The quantitative estimate of drug-likeness (QED) is 0.370. The number of benzene rings is 1. The fraction of sp³-hybridized carbons (Fsp3) is 0.333. The first kappa shape index (κ1) is 15.7. The number of imide groups is 1. The Labute approximate surface area is 128 Å². The molecule has 0 saturated carbocycles. The number of rotatable bonds is 4. The summed E-state index contributed by atoms with van der Waals surface area (Å²) in [6.45, 7) is 5.02. The summed E-state index contributed by atoms with van der Waals surface area (Å²) in [6, 6.07) is 5.82. The zero-order valence-corrected chi connectivity index (χ0v) is 12.7. The molecule has 0 unspecified atom stereocenters. The number of nitrogens with zero attached hydrogens (tertiary/aromatic N) is 2. The van der Waals surface area contributed by atoms with Crippen molar-refractivity contribution in [3.8, 4) is 0 Å². The Kier molecular flexibility index (Phi) is 4.25. The summed E-state index contributed by atoms with van der Waals surface area (Å²) in [6.07, 6.45) is 0. The van der Waals surface area contributed by atoms with Gasteiger partial charge in [-0.2, -0.15) is 5.10 Å². The molecule has 0 aromatic heterocycles. The van der Waals surface area contributed by atoms with E-state index in [1.807, 2.05) is 0 Å². The molecule has 0 spiro atoms. The molecular formula is C15H18N4O3. The fourth-order valence-electron chi connectivity index (χ4n) is 2.03. The molecule has 1 heterocycles. The second-order valence-electron chi connectivity index (χ2n) is 5.37. The van der Waals surface area contributed by atoms with E-state index >= 15 is 0 Å². The number of carbonyl (C=O) groups is 3. The second-order valence-corrected chi connectivity index (χ2v) is 5.37. The van der Waals surface area contributed by atoms with Crippen molar-refractivity contribution in [1.82, 2.24) is 10.3 Å². The highest BCUT2D eigenvalue weighted by molar-refractivity contribution is 6.22. The molecule has 2 rings (SSSR count). The molecule has 1 aliphatic rings. The van der Waals surface area contributed by atoms with Gasteiger partial charge < -0.3 is 5.73 Å². The second kappa shape index (κ2) is 5.97. The fourth-order valence-corrected chi connectivity index (χ4v) is 2.03. The van der Waals surface area contributed by atoms with Crippen LogP contribution in [-0.4, -0.2) is 34.5 Å². The van der Waals surface area contributed by atoms with Crippen molar-refractivity contribution in [2.24, 2.45) is 16.8 Å². The lowest BCUT2D eigenvalue weighted by Gasteiger charge is -2.21. The van der Waals surface area contributed by atoms with Gasteiger partial charge in [0, 0.05) is 5.92 Å². The van der Waals surface area contributed by atoms with E-state index in [1.54, 1.807) is 45.0 Å². The highest BCUT2D eigenvalue weighted by atomic mass is 16.2. The minimum Gasteiger partial charge on any atom is -0.384 e. The van der Waals surface area contributed by atoms with E-state index in [9.17, 15) is 14.4 Å². The molecule has 1 aromatic rings. The highest BCUT2D eigenvalue weighted by Gasteiger charge is 2.39. The molecule has 1 aliphatic heterocycles. The van der Waals surface area contributed by atoms with E-state index in [2.05, 4.69) is 10.5 Å². The van der Waals surface area contributed by atoms with Crippen LogP contribution in [0, 0.1) is 5.92 Å². The molecule has 3 N–H and O–H groups in total. The zero-order valence-electron chi connectivity index (χ0n) is 12.7. The van der Waals surface area contributed by atoms with Gasteiger partial charge in [-0.25, -0.2) is 5.43 Å². The number of nitrogens with two attached hydrogens (primary N) is 1. The van der Waals surface area contributed by atoms with Crippen LogP contribution >= 0.6 is 0 Å². The number of hydrogen-bond acceptors (Lipinski definition) is 4. The first-order valence-electron chi connectivity index (χ1n) is 6.94.